The van der Waals surface area contributed by atoms with E-state index in [-0.39, 0.29) is 6.42 Å². The molecule has 0 bridgehead atoms. The van der Waals surface area contributed by atoms with Gasteiger partial charge >= 0.3 is 9.24 Å². The molecule has 1 aliphatic carbocycles. The number of benzene rings is 1. The minimum atomic E-state index is -4.06. The first-order valence-corrected chi connectivity index (χ1v) is 8.60. The van der Waals surface area contributed by atoms with Gasteiger partial charge in [-0.25, -0.2) is 4.31 Å². The molecule has 0 aromatic heterocycles. The van der Waals surface area contributed by atoms with Crippen LogP contribution in [0.15, 0.2) is 18.2 Å². The molecular formula is C13H14ClNO4S. The number of fused-ring (bicyclic) bond motifs is 2. The van der Waals surface area contributed by atoms with E-state index in [9.17, 15) is 13.2 Å². The molecule has 3 rings (SSSR count). The minimum absolute atomic E-state index is 0.193. The van der Waals surface area contributed by atoms with Crippen molar-refractivity contribution < 1.29 is 17.9 Å². The molecule has 2 aliphatic rings. The second-order valence-electron chi connectivity index (χ2n) is 5.19. The van der Waals surface area contributed by atoms with E-state index >= 15 is 0 Å². The van der Waals surface area contributed by atoms with E-state index in [4.69, 9.17) is 15.4 Å². The number of halogens is 1. The van der Waals surface area contributed by atoms with E-state index in [0.717, 1.165) is 34.0 Å². The maximum absolute atomic E-state index is 11.7. The predicted molar refractivity (Wildman–Crippen MR) is 73.8 cm³/mol. The van der Waals surface area contributed by atoms with Crippen LogP contribution in [0, 0.1) is 0 Å². The third kappa shape index (κ3) is 1.82. The van der Waals surface area contributed by atoms with Gasteiger partial charge in [-0.05, 0) is 42.5 Å². The number of amides is 1. The average Bonchev–Trinajstić information content (AvgIpc) is 2.35. The summed E-state index contributed by atoms with van der Waals surface area (Å²) in [6.45, 7) is 0. The van der Waals surface area contributed by atoms with Gasteiger partial charge in [0.05, 0.1) is 19.1 Å². The van der Waals surface area contributed by atoms with Crippen molar-refractivity contribution >= 4 is 25.8 Å². The molecule has 20 heavy (non-hydrogen) atoms. The third-order valence-electron chi connectivity index (χ3n) is 4.13. The molecule has 1 aromatic rings. The lowest BCUT2D eigenvalue weighted by Crippen LogP contribution is -2.63. The van der Waals surface area contributed by atoms with Crippen LogP contribution in [0.4, 0.5) is 0 Å². The van der Waals surface area contributed by atoms with Gasteiger partial charge in [0, 0.05) is 10.7 Å². The molecule has 5 nitrogen and oxygen atoms in total. The largest absolute Gasteiger partial charge is 0.497 e. The van der Waals surface area contributed by atoms with E-state index in [0.29, 0.717) is 6.42 Å². The Balaban J connectivity index is 2.13. The topological polar surface area (TPSA) is 63.7 Å². The van der Waals surface area contributed by atoms with Gasteiger partial charge in [0.25, 0.3) is 0 Å². The zero-order valence-corrected chi connectivity index (χ0v) is 12.5. The number of hydrogen-bond donors (Lipinski definition) is 0. The number of carbonyl (C=O) groups is 1. The highest BCUT2D eigenvalue weighted by molar-refractivity contribution is 8.12. The van der Waals surface area contributed by atoms with Gasteiger partial charge in [-0.2, -0.15) is 8.42 Å². The number of ether oxygens (including phenoxy) is 1. The molecule has 7 heteroatoms. The molecule has 1 atom stereocenters. The maximum atomic E-state index is 11.7. The highest BCUT2D eigenvalue weighted by Crippen LogP contribution is 2.51. The lowest BCUT2D eigenvalue weighted by Gasteiger charge is -2.52. The fourth-order valence-electron chi connectivity index (χ4n) is 3.33. The quantitative estimate of drug-likeness (QED) is 0.618. The van der Waals surface area contributed by atoms with Crippen LogP contribution in [0.1, 0.15) is 30.4 Å². The smallest absolute Gasteiger partial charge is 0.324 e. The van der Waals surface area contributed by atoms with Crippen molar-refractivity contribution in [3.05, 3.63) is 29.3 Å². The second-order valence-corrected chi connectivity index (χ2v) is 7.54. The Morgan fingerprint density at radius 3 is 2.75 bits per heavy atom. The molecule has 0 radical (unpaired) electrons. The van der Waals surface area contributed by atoms with Gasteiger partial charge < -0.3 is 4.74 Å². The average molecular weight is 316 g/mol. The zero-order chi connectivity index (χ0) is 14.5. The number of nitrogens with zero attached hydrogens (tertiary/aromatic N) is 1. The SMILES string of the molecule is COc1ccc2c(c1)CCCC21CC(=O)N1S(=O)(=O)Cl. The first-order valence-electron chi connectivity index (χ1n) is 6.34. The van der Waals surface area contributed by atoms with Crippen LogP contribution in [-0.2, 0) is 26.0 Å². The van der Waals surface area contributed by atoms with Crippen LogP contribution >= 0.6 is 10.7 Å². The van der Waals surface area contributed by atoms with Crippen molar-refractivity contribution in [2.45, 2.75) is 31.2 Å². The molecule has 0 N–H and O–H groups in total. The monoisotopic (exact) mass is 315 g/mol. The van der Waals surface area contributed by atoms with Crippen molar-refractivity contribution in [1.29, 1.82) is 0 Å². The van der Waals surface area contributed by atoms with Crippen LogP contribution < -0.4 is 4.74 Å². The van der Waals surface area contributed by atoms with Crippen molar-refractivity contribution in [2.75, 3.05) is 7.11 Å². The van der Waals surface area contributed by atoms with Crippen LogP contribution in [-0.4, -0.2) is 25.7 Å². The summed E-state index contributed by atoms with van der Waals surface area (Å²) in [5, 5.41) is 0. The summed E-state index contributed by atoms with van der Waals surface area (Å²) < 4.78 is 29.4. The van der Waals surface area contributed by atoms with Gasteiger partial charge in [0.1, 0.15) is 5.75 Å². The Morgan fingerprint density at radius 1 is 1.40 bits per heavy atom. The zero-order valence-electron chi connectivity index (χ0n) is 10.9. The number of rotatable bonds is 2. The Kier molecular flexibility index (Phi) is 2.99. The summed E-state index contributed by atoms with van der Waals surface area (Å²) in [6.07, 6.45) is 2.47. The standard InChI is InChI=1S/C13H14ClNO4S/c1-19-10-4-5-11-9(7-10)3-2-6-13(11)8-12(16)15(13)20(14,17)18/h4-5,7H,2-3,6,8H2,1H3. The number of carbonyl (C=O) groups excluding carboxylic acids is 1. The molecule has 1 saturated heterocycles. The molecule has 1 heterocycles. The van der Waals surface area contributed by atoms with E-state index in [1.807, 2.05) is 12.1 Å². The summed E-state index contributed by atoms with van der Waals surface area (Å²) in [5.41, 5.74) is 1.10. The Labute approximate surface area is 122 Å². The van der Waals surface area contributed by atoms with E-state index in [1.165, 1.54) is 0 Å². The number of hydrogen-bond acceptors (Lipinski definition) is 4. The number of β-lactam (4-membered cyclic amide) rings is 1. The first-order chi connectivity index (χ1) is 9.38. The van der Waals surface area contributed by atoms with E-state index in [2.05, 4.69) is 0 Å². The minimum Gasteiger partial charge on any atom is -0.497 e. The summed E-state index contributed by atoms with van der Waals surface area (Å²) in [4.78, 5) is 11.7. The molecule has 1 spiro atoms. The van der Waals surface area contributed by atoms with E-state index in [1.54, 1.807) is 13.2 Å². The molecule has 1 fully saturated rings. The van der Waals surface area contributed by atoms with Crippen molar-refractivity contribution in [2.24, 2.45) is 0 Å². The highest BCUT2D eigenvalue weighted by Gasteiger charge is 2.58. The summed E-state index contributed by atoms with van der Waals surface area (Å²) in [6, 6.07) is 5.53. The van der Waals surface area contributed by atoms with Gasteiger partial charge in [-0.1, -0.05) is 6.07 Å². The number of aryl methyl sites for hydroxylation is 1. The molecule has 1 amide bonds. The molecule has 0 saturated carbocycles. The fourth-order valence-corrected chi connectivity index (χ4v) is 4.94. The third-order valence-corrected chi connectivity index (χ3v) is 5.53. The molecule has 1 aromatic carbocycles. The van der Waals surface area contributed by atoms with Crippen molar-refractivity contribution in [3.63, 3.8) is 0 Å². The van der Waals surface area contributed by atoms with Gasteiger partial charge in [-0.3, -0.25) is 4.79 Å². The van der Waals surface area contributed by atoms with Crippen LogP contribution in [0.5, 0.6) is 5.75 Å². The first kappa shape index (κ1) is 13.7. The molecule has 1 aliphatic heterocycles. The lowest BCUT2D eigenvalue weighted by atomic mass is 9.70. The van der Waals surface area contributed by atoms with Crippen molar-refractivity contribution in [1.82, 2.24) is 4.31 Å². The van der Waals surface area contributed by atoms with Crippen LogP contribution in [0.25, 0.3) is 0 Å². The normalized spacial score (nSPS) is 25.3. The molecule has 108 valence electrons. The van der Waals surface area contributed by atoms with Crippen molar-refractivity contribution in [3.8, 4) is 5.75 Å². The molecule has 1 unspecified atom stereocenters. The van der Waals surface area contributed by atoms with Gasteiger partial charge in [0.2, 0.25) is 5.91 Å². The Morgan fingerprint density at radius 2 is 2.15 bits per heavy atom. The van der Waals surface area contributed by atoms with E-state index < -0.39 is 20.7 Å². The van der Waals surface area contributed by atoms with Crippen LogP contribution in [0.3, 0.4) is 0 Å². The summed E-state index contributed by atoms with van der Waals surface area (Å²) in [5.74, 6) is 0.287. The number of methoxy groups -OCH3 is 1. The van der Waals surface area contributed by atoms with Gasteiger partial charge in [-0.15, -0.1) is 0 Å². The fraction of sp³-hybridized carbons (Fsp3) is 0.462. The Hall–Kier alpha value is -1.27. The maximum Gasteiger partial charge on any atom is 0.324 e. The Bertz CT molecular complexity index is 688. The summed E-state index contributed by atoms with van der Waals surface area (Å²) >= 11 is 0. The molecular weight excluding hydrogens is 302 g/mol. The summed E-state index contributed by atoms with van der Waals surface area (Å²) in [7, 11) is 2.96. The lowest BCUT2D eigenvalue weighted by molar-refractivity contribution is -0.147. The van der Waals surface area contributed by atoms with Crippen LogP contribution in [0.2, 0.25) is 0 Å². The second kappa shape index (κ2) is 4.36. The highest BCUT2D eigenvalue weighted by atomic mass is 35.7. The predicted octanol–water partition coefficient (Wildman–Crippen LogP) is 1.94. The van der Waals surface area contributed by atoms with Gasteiger partial charge in [0.15, 0.2) is 0 Å².